The number of amides is 1. The number of carbonyl (C=O) groups excluding carboxylic acids is 1. The first-order valence-electron chi connectivity index (χ1n) is 5.63. The predicted molar refractivity (Wildman–Crippen MR) is 78.3 cm³/mol. The first-order chi connectivity index (χ1) is 7.85. The molecule has 0 aliphatic carbocycles. The largest absolute Gasteiger partial charge is 0.347 e. The molecule has 1 amide bonds. The van der Waals surface area contributed by atoms with Crippen LogP contribution in [0, 0.1) is 0 Å². The molecule has 0 aliphatic heterocycles. The normalized spacial score (nSPS) is 11.4. The van der Waals surface area contributed by atoms with Gasteiger partial charge in [-0.25, -0.2) is 0 Å². The van der Waals surface area contributed by atoms with Gasteiger partial charge in [-0.15, -0.1) is 0 Å². The van der Waals surface area contributed by atoms with Crippen LogP contribution in [0.2, 0.25) is 0 Å². The minimum absolute atomic E-state index is 0.0391. The van der Waals surface area contributed by atoms with Gasteiger partial charge in [-0.05, 0) is 54.4 Å². The van der Waals surface area contributed by atoms with E-state index in [4.69, 9.17) is 0 Å². The number of hydrogen-bond donors (Lipinski definition) is 1. The van der Waals surface area contributed by atoms with Crippen LogP contribution >= 0.6 is 31.9 Å². The molecule has 1 rings (SSSR count). The van der Waals surface area contributed by atoms with Crippen molar-refractivity contribution in [1.29, 1.82) is 0 Å². The Morgan fingerprint density at radius 2 is 2.00 bits per heavy atom. The zero-order valence-electron chi connectivity index (χ0n) is 10.3. The molecule has 0 atom stereocenters. The second kappa shape index (κ2) is 6.01. The maximum absolute atomic E-state index is 12.1. The van der Waals surface area contributed by atoms with Crippen molar-refractivity contribution in [2.45, 2.75) is 39.2 Å². The van der Waals surface area contributed by atoms with Crippen LogP contribution in [0.5, 0.6) is 0 Å². The van der Waals surface area contributed by atoms with Crippen molar-refractivity contribution in [3.8, 4) is 0 Å². The highest BCUT2D eigenvalue weighted by Gasteiger charge is 2.21. The van der Waals surface area contributed by atoms with E-state index in [1.807, 2.05) is 32.0 Å². The zero-order chi connectivity index (χ0) is 13.1. The quantitative estimate of drug-likeness (QED) is 0.838. The average Bonchev–Trinajstić information content (AvgIpc) is 2.15. The van der Waals surface area contributed by atoms with Gasteiger partial charge in [-0.3, -0.25) is 4.79 Å². The summed E-state index contributed by atoms with van der Waals surface area (Å²) in [6, 6.07) is 5.56. The monoisotopic (exact) mass is 361 g/mol. The molecule has 0 heterocycles. The fourth-order valence-corrected chi connectivity index (χ4v) is 2.96. The maximum Gasteiger partial charge on any atom is 0.252 e. The molecule has 1 aromatic rings. The molecule has 0 bridgehead atoms. The summed E-state index contributed by atoms with van der Waals surface area (Å²) in [6.07, 6.45) is 2.02. The van der Waals surface area contributed by atoms with Crippen LogP contribution in [0.1, 0.15) is 44.0 Å². The minimum atomic E-state index is -0.168. The minimum Gasteiger partial charge on any atom is -0.347 e. The van der Waals surface area contributed by atoms with Gasteiger partial charge in [-0.2, -0.15) is 0 Å². The molecule has 0 saturated carbocycles. The van der Waals surface area contributed by atoms with Gasteiger partial charge in [-0.1, -0.05) is 29.3 Å². The van der Waals surface area contributed by atoms with Gasteiger partial charge in [0.1, 0.15) is 0 Å². The maximum atomic E-state index is 12.1. The lowest BCUT2D eigenvalue weighted by molar-refractivity contribution is 0.0908. The van der Waals surface area contributed by atoms with Crippen LogP contribution in [0.25, 0.3) is 0 Å². The molecule has 17 heavy (non-hydrogen) atoms. The Labute approximate surface area is 119 Å². The van der Waals surface area contributed by atoms with Crippen LogP contribution in [-0.4, -0.2) is 11.4 Å². The molecule has 1 aromatic carbocycles. The SMILES string of the molecule is CCCC(C)(C)NC(=O)c1ccc(Br)cc1Br. The number of nitrogens with one attached hydrogen (secondary N) is 1. The van der Waals surface area contributed by atoms with Gasteiger partial charge in [0.15, 0.2) is 0 Å². The summed E-state index contributed by atoms with van der Waals surface area (Å²) in [7, 11) is 0. The highest BCUT2D eigenvalue weighted by atomic mass is 79.9. The molecule has 94 valence electrons. The topological polar surface area (TPSA) is 29.1 Å². The van der Waals surface area contributed by atoms with Crippen LogP contribution in [-0.2, 0) is 0 Å². The summed E-state index contributed by atoms with van der Waals surface area (Å²) in [5.74, 6) is -0.0391. The second-order valence-corrected chi connectivity index (χ2v) is 6.48. The average molecular weight is 363 g/mol. The molecular formula is C13H17Br2NO. The van der Waals surface area contributed by atoms with Crippen LogP contribution in [0.15, 0.2) is 27.1 Å². The van der Waals surface area contributed by atoms with E-state index in [1.165, 1.54) is 0 Å². The summed E-state index contributed by atoms with van der Waals surface area (Å²) in [5, 5.41) is 3.05. The van der Waals surface area contributed by atoms with E-state index in [1.54, 1.807) is 0 Å². The third-order valence-electron chi connectivity index (χ3n) is 2.50. The Balaban J connectivity index is 2.83. The third kappa shape index (κ3) is 4.43. The van der Waals surface area contributed by atoms with Crippen molar-refractivity contribution in [1.82, 2.24) is 5.32 Å². The predicted octanol–water partition coefficient (Wildman–Crippen LogP) is 4.52. The molecule has 1 N–H and O–H groups in total. The Morgan fingerprint density at radius 3 is 2.53 bits per heavy atom. The fraction of sp³-hybridized carbons (Fsp3) is 0.462. The summed E-state index contributed by atoms with van der Waals surface area (Å²) in [5.41, 5.74) is 0.496. The van der Waals surface area contributed by atoms with Crippen LogP contribution in [0.3, 0.4) is 0 Å². The van der Waals surface area contributed by atoms with Gasteiger partial charge in [0.25, 0.3) is 5.91 Å². The van der Waals surface area contributed by atoms with Gasteiger partial charge in [0, 0.05) is 14.5 Å². The first kappa shape index (κ1) is 14.7. The van der Waals surface area contributed by atoms with E-state index in [9.17, 15) is 4.79 Å². The summed E-state index contributed by atoms with van der Waals surface area (Å²) >= 11 is 6.77. The van der Waals surface area contributed by atoms with Crippen molar-refractivity contribution in [3.63, 3.8) is 0 Å². The Morgan fingerprint density at radius 1 is 1.35 bits per heavy atom. The lowest BCUT2D eigenvalue weighted by atomic mass is 9.98. The lowest BCUT2D eigenvalue weighted by Gasteiger charge is -2.26. The van der Waals surface area contributed by atoms with E-state index >= 15 is 0 Å². The fourth-order valence-electron chi connectivity index (χ4n) is 1.74. The number of benzene rings is 1. The van der Waals surface area contributed by atoms with E-state index in [0.717, 1.165) is 21.8 Å². The van der Waals surface area contributed by atoms with Gasteiger partial charge < -0.3 is 5.32 Å². The molecule has 0 saturated heterocycles. The zero-order valence-corrected chi connectivity index (χ0v) is 13.5. The molecular weight excluding hydrogens is 346 g/mol. The van der Waals surface area contributed by atoms with E-state index < -0.39 is 0 Å². The molecule has 0 spiro atoms. The smallest absolute Gasteiger partial charge is 0.252 e. The van der Waals surface area contributed by atoms with Crippen molar-refractivity contribution in [2.24, 2.45) is 0 Å². The van der Waals surface area contributed by atoms with E-state index in [-0.39, 0.29) is 11.4 Å². The number of hydrogen-bond acceptors (Lipinski definition) is 1. The standard InChI is InChI=1S/C13H17Br2NO/c1-4-7-13(2,3)16-12(17)10-6-5-9(14)8-11(10)15/h5-6,8H,4,7H2,1-3H3,(H,16,17). The Hall–Kier alpha value is -0.350. The molecule has 0 aromatic heterocycles. The van der Waals surface area contributed by atoms with Crippen LogP contribution < -0.4 is 5.32 Å². The lowest BCUT2D eigenvalue weighted by Crippen LogP contribution is -2.43. The van der Waals surface area contributed by atoms with Gasteiger partial charge in [0.05, 0.1) is 5.56 Å². The van der Waals surface area contributed by atoms with E-state index in [0.29, 0.717) is 5.56 Å². The molecule has 4 heteroatoms. The number of rotatable bonds is 4. The third-order valence-corrected chi connectivity index (χ3v) is 3.65. The summed E-state index contributed by atoms with van der Waals surface area (Å²) in [4.78, 5) is 12.1. The van der Waals surface area contributed by atoms with Crippen molar-refractivity contribution in [3.05, 3.63) is 32.7 Å². The van der Waals surface area contributed by atoms with E-state index in [2.05, 4.69) is 44.1 Å². The summed E-state index contributed by atoms with van der Waals surface area (Å²) in [6.45, 7) is 6.20. The molecule has 2 nitrogen and oxygen atoms in total. The number of halogens is 2. The Bertz CT molecular complexity index is 416. The van der Waals surface area contributed by atoms with Gasteiger partial charge in [0.2, 0.25) is 0 Å². The van der Waals surface area contributed by atoms with Crippen LogP contribution in [0.4, 0.5) is 0 Å². The first-order valence-corrected chi connectivity index (χ1v) is 7.22. The summed E-state index contributed by atoms with van der Waals surface area (Å²) < 4.78 is 1.76. The molecule has 0 radical (unpaired) electrons. The van der Waals surface area contributed by atoms with Crippen molar-refractivity contribution >= 4 is 37.8 Å². The van der Waals surface area contributed by atoms with Crippen molar-refractivity contribution < 1.29 is 4.79 Å². The van der Waals surface area contributed by atoms with Gasteiger partial charge >= 0.3 is 0 Å². The molecule has 0 unspecified atom stereocenters. The highest BCUT2D eigenvalue weighted by Crippen LogP contribution is 2.23. The molecule has 0 aliphatic rings. The second-order valence-electron chi connectivity index (χ2n) is 4.71. The molecule has 0 fully saturated rings. The number of carbonyl (C=O) groups is 1. The Kier molecular flexibility index (Phi) is 5.20. The van der Waals surface area contributed by atoms with Crippen molar-refractivity contribution in [2.75, 3.05) is 0 Å². The highest BCUT2D eigenvalue weighted by molar-refractivity contribution is 9.11.